The van der Waals surface area contributed by atoms with Crippen molar-refractivity contribution in [2.45, 2.75) is 32.2 Å². The number of hydrogen-bond acceptors (Lipinski definition) is 2. The fourth-order valence-electron chi connectivity index (χ4n) is 2.47. The lowest BCUT2D eigenvalue weighted by molar-refractivity contribution is -0.136. The normalized spacial score (nSPS) is 20.0. The lowest BCUT2D eigenvalue weighted by Gasteiger charge is -2.30. The fraction of sp³-hybridized carbons (Fsp3) is 0.438. The Hall–Kier alpha value is -1.77. The Morgan fingerprint density at radius 2 is 2.00 bits per heavy atom. The molecule has 0 aliphatic heterocycles. The van der Waals surface area contributed by atoms with Crippen molar-refractivity contribution in [1.82, 2.24) is 4.90 Å². The standard InChI is InChI=1S/C16H21NO2/c1-12(13-8-10-15(18)11-9-13)17(2)16(19)14-6-4-3-5-7-14/h3-4,8-12,14,18H,5-7H2,1-2H3. The molecule has 0 radical (unpaired) electrons. The van der Waals surface area contributed by atoms with Gasteiger partial charge in [0.2, 0.25) is 5.91 Å². The molecule has 1 N–H and O–H groups in total. The van der Waals surface area contributed by atoms with Gasteiger partial charge in [-0.15, -0.1) is 0 Å². The third-order valence-corrected chi connectivity index (χ3v) is 3.92. The molecule has 0 heterocycles. The first-order valence-corrected chi connectivity index (χ1v) is 6.80. The van der Waals surface area contributed by atoms with Gasteiger partial charge in [-0.05, 0) is 43.9 Å². The molecule has 102 valence electrons. The highest BCUT2D eigenvalue weighted by Crippen LogP contribution is 2.26. The Morgan fingerprint density at radius 3 is 2.58 bits per heavy atom. The van der Waals surface area contributed by atoms with Crippen LogP contribution in [0.15, 0.2) is 36.4 Å². The number of carbonyl (C=O) groups excluding carboxylic acids is 1. The monoisotopic (exact) mass is 259 g/mol. The van der Waals surface area contributed by atoms with E-state index >= 15 is 0 Å². The summed E-state index contributed by atoms with van der Waals surface area (Å²) in [6.45, 7) is 2.02. The SMILES string of the molecule is CC(c1ccc(O)cc1)N(C)C(=O)C1CC=CCC1. The summed E-state index contributed by atoms with van der Waals surface area (Å²) in [5.74, 6) is 0.585. The van der Waals surface area contributed by atoms with E-state index in [1.165, 1.54) is 0 Å². The molecule has 19 heavy (non-hydrogen) atoms. The second-order valence-electron chi connectivity index (χ2n) is 5.20. The Balaban J connectivity index is 2.05. The molecule has 3 heteroatoms. The molecule has 2 rings (SSSR count). The van der Waals surface area contributed by atoms with Gasteiger partial charge in [-0.2, -0.15) is 0 Å². The van der Waals surface area contributed by atoms with E-state index in [9.17, 15) is 9.90 Å². The highest BCUT2D eigenvalue weighted by atomic mass is 16.3. The van der Waals surface area contributed by atoms with Crippen molar-refractivity contribution >= 4 is 5.91 Å². The summed E-state index contributed by atoms with van der Waals surface area (Å²) in [5, 5.41) is 9.30. The number of nitrogens with zero attached hydrogens (tertiary/aromatic N) is 1. The highest BCUT2D eigenvalue weighted by Gasteiger charge is 2.25. The van der Waals surface area contributed by atoms with Crippen molar-refractivity contribution < 1.29 is 9.90 Å². The quantitative estimate of drug-likeness (QED) is 0.846. The third-order valence-electron chi connectivity index (χ3n) is 3.92. The van der Waals surface area contributed by atoms with Gasteiger partial charge in [0, 0.05) is 13.0 Å². The molecule has 3 nitrogen and oxygen atoms in total. The molecule has 2 atom stereocenters. The van der Waals surface area contributed by atoms with Gasteiger partial charge in [-0.25, -0.2) is 0 Å². The first-order valence-electron chi connectivity index (χ1n) is 6.80. The lowest BCUT2D eigenvalue weighted by atomic mass is 9.92. The summed E-state index contributed by atoms with van der Waals surface area (Å²) in [4.78, 5) is 14.2. The number of phenols is 1. The number of allylic oxidation sites excluding steroid dienone is 2. The van der Waals surface area contributed by atoms with Crippen molar-refractivity contribution in [3.8, 4) is 5.75 Å². The van der Waals surface area contributed by atoms with Crippen LogP contribution in [0, 0.1) is 5.92 Å². The molecular formula is C16H21NO2. The Kier molecular flexibility index (Phi) is 4.25. The first kappa shape index (κ1) is 13.7. The summed E-state index contributed by atoms with van der Waals surface area (Å²) < 4.78 is 0. The van der Waals surface area contributed by atoms with Gasteiger partial charge in [0.25, 0.3) is 0 Å². The maximum absolute atomic E-state index is 12.4. The van der Waals surface area contributed by atoms with Crippen LogP contribution in [0.25, 0.3) is 0 Å². The minimum atomic E-state index is 0.0269. The maximum Gasteiger partial charge on any atom is 0.226 e. The summed E-state index contributed by atoms with van der Waals surface area (Å²) in [6.07, 6.45) is 7.05. The molecule has 1 aromatic rings. The van der Waals surface area contributed by atoms with E-state index in [0.29, 0.717) is 0 Å². The van der Waals surface area contributed by atoms with Crippen LogP contribution >= 0.6 is 0 Å². The van der Waals surface area contributed by atoms with Gasteiger partial charge < -0.3 is 10.0 Å². The molecule has 1 aromatic carbocycles. The molecule has 0 spiro atoms. The molecule has 1 aliphatic rings. The van der Waals surface area contributed by atoms with Crippen LogP contribution in [0.1, 0.15) is 37.8 Å². The van der Waals surface area contributed by atoms with E-state index in [2.05, 4.69) is 12.2 Å². The van der Waals surface area contributed by atoms with Crippen LogP contribution < -0.4 is 0 Å². The number of aromatic hydroxyl groups is 1. The van der Waals surface area contributed by atoms with Gasteiger partial charge in [-0.1, -0.05) is 24.3 Å². The zero-order valence-corrected chi connectivity index (χ0v) is 11.5. The Morgan fingerprint density at radius 1 is 1.32 bits per heavy atom. The van der Waals surface area contributed by atoms with Crippen molar-refractivity contribution in [2.24, 2.45) is 5.92 Å². The van der Waals surface area contributed by atoms with Crippen LogP contribution in [0.3, 0.4) is 0 Å². The number of rotatable bonds is 3. The summed E-state index contributed by atoms with van der Waals surface area (Å²) in [7, 11) is 1.86. The average Bonchev–Trinajstić information content (AvgIpc) is 2.46. The van der Waals surface area contributed by atoms with E-state index in [1.807, 2.05) is 31.0 Å². The van der Waals surface area contributed by atoms with Gasteiger partial charge in [0.05, 0.1) is 6.04 Å². The molecular weight excluding hydrogens is 238 g/mol. The van der Waals surface area contributed by atoms with Crippen LogP contribution in [-0.2, 0) is 4.79 Å². The van der Waals surface area contributed by atoms with E-state index in [4.69, 9.17) is 0 Å². The molecule has 0 saturated heterocycles. The first-order chi connectivity index (χ1) is 9.09. The molecule has 0 saturated carbocycles. The molecule has 1 amide bonds. The predicted molar refractivity (Wildman–Crippen MR) is 75.8 cm³/mol. The molecule has 1 aliphatic carbocycles. The van der Waals surface area contributed by atoms with Crippen LogP contribution in [0.4, 0.5) is 0 Å². The summed E-state index contributed by atoms with van der Waals surface area (Å²) in [6, 6.07) is 7.08. The summed E-state index contributed by atoms with van der Waals surface area (Å²) in [5.41, 5.74) is 1.04. The maximum atomic E-state index is 12.4. The highest BCUT2D eigenvalue weighted by molar-refractivity contribution is 5.79. The Labute approximate surface area is 114 Å². The predicted octanol–water partition coefficient (Wildman–Crippen LogP) is 3.27. The molecule has 2 unspecified atom stereocenters. The zero-order valence-electron chi connectivity index (χ0n) is 11.5. The van der Waals surface area contributed by atoms with Gasteiger partial charge >= 0.3 is 0 Å². The third kappa shape index (κ3) is 3.16. The molecule has 0 fully saturated rings. The van der Waals surface area contributed by atoms with E-state index in [-0.39, 0.29) is 23.6 Å². The summed E-state index contributed by atoms with van der Waals surface area (Å²) >= 11 is 0. The largest absolute Gasteiger partial charge is 0.508 e. The second kappa shape index (κ2) is 5.91. The van der Waals surface area contributed by atoms with Crippen LogP contribution in [0.2, 0.25) is 0 Å². The van der Waals surface area contributed by atoms with E-state index in [1.54, 1.807) is 12.1 Å². The van der Waals surface area contributed by atoms with Crippen molar-refractivity contribution in [3.05, 3.63) is 42.0 Å². The number of phenolic OH excluding ortho intramolecular Hbond substituents is 1. The van der Waals surface area contributed by atoms with Crippen LogP contribution in [-0.4, -0.2) is 23.0 Å². The van der Waals surface area contributed by atoms with Gasteiger partial charge in [0.15, 0.2) is 0 Å². The topological polar surface area (TPSA) is 40.5 Å². The number of benzene rings is 1. The molecule has 0 aromatic heterocycles. The lowest BCUT2D eigenvalue weighted by Crippen LogP contribution is -2.35. The van der Waals surface area contributed by atoms with Gasteiger partial charge in [0.1, 0.15) is 5.75 Å². The fourth-order valence-corrected chi connectivity index (χ4v) is 2.47. The minimum absolute atomic E-state index is 0.0269. The Bertz CT molecular complexity index is 464. The number of hydrogen-bond donors (Lipinski definition) is 1. The number of carbonyl (C=O) groups is 1. The van der Waals surface area contributed by atoms with Crippen molar-refractivity contribution in [3.63, 3.8) is 0 Å². The smallest absolute Gasteiger partial charge is 0.226 e. The van der Waals surface area contributed by atoms with Crippen molar-refractivity contribution in [1.29, 1.82) is 0 Å². The van der Waals surface area contributed by atoms with Gasteiger partial charge in [-0.3, -0.25) is 4.79 Å². The zero-order chi connectivity index (χ0) is 13.8. The van der Waals surface area contributed by atoms with Crippen molar-refractivity contribution in [2.75, 3.05) is 7.05 Å². The average molecular weight is 259 g/mol. The molecule has 0 bridgehead atoms. The van der Waals surface area contributed by atoms with Crippen LogP contribution in [0.5, 0.6) is 5.75 Å². The second-order valence-corrected chi connectivity index (χ2v) is 5.20. The van der Waals surface area contributed by atoms with E-state index < -0.39 is 0 Å². The number of amides is 1. The minimum Gasteiger partial charge on any atom is -0.508 e. The van der Waals surface area contributed by atoms with E-state index in [0.717, 1.165) is 24.8 Å².